The van der Waals surface area contributed by atoms with Crippen LogP contribution in [-0.4, -0.2) is 35.8 Å². The predicted octanol–water partition coefficient (Wildman–Crippen LogP) is 1.97. The normalized spacial score (nSPS) is 29.4. The Balaban J connectivity index is 1.26. The molecule has 1 aliphatic heterocycles. The number of ether oxygens (including phenoxy) is 1. The number of imide groups is 1. The molecule has 25 heavy (non-hydrogen) atoms. The Bertz CT molecular complexity index is 696. The molecular weight excluding hydrogens is 318 g/mol. The van der Waals surface area contributed by atoms with E-state index in [4.69, 9.17) is 4.74 Å². The van der Waals surface area contributed by atoms with E-state index in [9.17, 15) is 14.4 Å². The first-order valence-electron chi connectivity index (χ1n) is 8.88. The zero-order valence-electron chi connectivity index (χ0n) is 14.0. The second-order valence-electron chi connectivity index (χ2n) is 7.07. The molecule has 5 heteroatoms. The summed E-state index contributed by atoms with van der Waals surface area (Å²) in [5.41, 5.74) is 1.19. The molecule has 1 heterocycles. The summed E-state index contributed by atoms with van der Waals surface area (Å²) in [6.07, 6.45) is 6.53. The van der Waals surface area contributed by atoms with Crippen molar-refractivity contribution in [2.45, 2.75) is 19.3 Å². The molecule has 0 unspecified atom stereocenters. The highest BCUT2D eigenvalue weighted by atomic mass is 16.5. The topological polar surface area (TPSA) is 63.7 Å². The van der Waals surface area contributed by atoms with Gasteiger partial charge in [0.15, 0.2) is 0 Å². The van der Waals surface area contributed by atoms with Gasteiger partial charge in [-0.25, -0.2) is 0 Å². The number of hydrogen-bond donors (Lipinski definition) is 0. The van der Waals surface area contributed by atoms with Crippen LogP contribution in [0.2, 0.25) is 0 Å². The molecule has 1 saturated carbocycles. The van der Waals surface area contributed by atoms with Gasteiger partial charge in [0.2, 0.25) is 11.8 Å². The molecule has 1 aromatic carbocycles. The largest absolute Gasteiger partial charge is 0.464 e. The molecule has 0 spiro atoms. The van der Waals surface area contributed by atoms with E-state index in [2.05, 4.69) is 0 Å². The van der Waals surface area contributed by atoms with Gasteiger partial charge in [-0.15, -0.1) is 0 Å². The Morgan fingerprint density at radius 2 is 1.68 bits per heavy atom. The lowest BCUT2D eigenvalue weighted by molar-refractivity contribution is -0.153. The molecule has 4 rings (SSSR count). The SMILES string of the molecule is O=C(CN1C(=O)[C@@H]2[C@H](C1=O)[C@H]1C=C[C@H]2C1)OCCCc1ccccc1. The number of likely N-dealkylation sites (tertiary alicyclic amines) is 1. The zero-order chi connectivity index (χ0) is 17.4. The van der Waals surface area contributed by atoms with Crippen molar-refractivity contribution in [2.24, 2.45) is 23.7 Å². The van der Waals surface area contributed by atoms with Gasteiger partial charge in [-0.05, 0) is 36.7 Å². The molecule has 1 saturated heterocycles. The predicted molar refractivity (Wildman–Crippen MR) is 90.2 cm³/mol. The Labute approximate surface area is 146 Å². The zero-order valence-corrected chi connectivity index (χ0v) is 14.0. The van der Waals surface area contributed by atoms with Gasteiger partial charge in [-0.2, -0.15) is 0 Å². The van der Waals surface area contributed by atoms with Crippen LogP contribution in [0.15, 0.2) is 42.5 Å². The monoisotopic (exact) mass is 339 g/mol. The number of carbonyl (C=O) groups excluding carboxylic acids is 3. The van der Waals surface area contributed by atoms with Crippen LogP contribution >= 0.6 is 0 Å². The summed E-state index contributed by atoms with van der Waals surface area (Å²) < 4.78 is 5.21. The van der Waals surface area contributed by atoms with Gasteiger partial charge in [-0.3, -0.25) is 19.3 Å². The van der Waals surface area contributed by atoms with Crippen LogP contribution in [0.3, 0.4) is 0 Å². The van der Waals surface area contributed by atoms with Gasteiger partial charge in [-0.1, -0.05) is 42.5 Å². The third kappa shape index (κ3) is 2.88. The summed E-state index contributed by atoms with van der Waals surface area (Å²) in [5.74, 6) is -1.09. The van der Waals surface area contributed by atoms with Crippen molar-refractivity contribution in [3.05, 3.63) is 48.0 Å². The Morgan fingerprint density at radius 3 is 2.32 bits per heavy atom. The number of carbonyl (C=O) groups is 3. The van der Waals surface area contributed by atoms with E-state index >= 15 is 0 Å². The lowest BCUT2D eigenvalue weighted by Crippen LogP contribution is -2.38. The molecule has 2 amide bonds. The Kier molecular flexibility index (Phi) is 4.15. The second-order valence-corrected chi connectivity index (χ2v) is 7.07. The fraction of sp³-hybridized carbons (Fsp3) is 0.450. The van der Waals surface area contributed by atoms with Crippen molar-refractivity contribution in [1.29, 1.82) is 0 Å². The number of allylic oxidation sites excluding steroid dienone is 2. The summed E-state index contributed by atoms with van der Waals surface area (Å²) in [5, 5.41) is 0. The molecule has 0 N–H and O–H groups in total. The number of nitrogens with zero attached hydrogens (tertiary/aromatic N) is 1. The van der Waals surface area contributed by atoms with Gasteiger partial charge in [0.25, 0.3) is 0 Å². The summed E-state index contributed by atoms with van der Waals surface area (Å²) in [6, 6.07) is 9.98. The van der Waals surface area contributed by atoms with E-state index in [-0.39, 0.29) is 42.0 Å². The highest BCUT2D eigenvalue weighted by molar-refractivity contribution is 6.08. The fourth-order valence-electron chi connectivity index (χ4n) is 4.40. The number of esters is 1. The standard InChI is InChI=1S/C20H21NO4/c22-16(25-10-4-7-13-5-2-1-3-6-13)12-21-19(23)17-14-8-9-15(11-14)18(17)20(21)24/h1-3,5-6,8-9,14-15,17-18H,4,7,10-12H2/t14-,15-,17-,18+/m0/s1. The molecule has 2 bridgehead atoms. The lowest BCUT2D eigenvalue weighted by Gasteiger charge is -2.16. The Morgan fingerprint density at radius 1 is 1.04 bits per heavy atom. The average Bonchev–Trinajstić information content (AvgIpc) is 3.30. The van der Waals surface area contributed by atoms with Gasteiger partial charge < -0.3 is 4.74 Å². The van der Waals surface area contributed by atoms with Gasteiger partial charge >= 0.3 is 5.97 Å². The molecule has 2 aliphatic carbocycles. The number of fused-ring (bicyclic) bond motifs is 5. The summed E-state index contributed by atoms with van der Waals surface area (Å²) in [7, 11) is 0. The maximum absolute atomic E-state index is 12.5. The number of hydrogen-bond acceptors (Lipinski definition) is 4. The molecule has 1 aromatic rings. The van der Waals surface area contributed by atoms with Crippen LogP contribution in [0.5, 0.6) is 0 Å². The summed E-state index contributed by atoms with van der Waals surface area (Å²) in [4.78, 5) is 38.1. The molecule has 130 valence electrons. The first kappa shape index (κ1) is 16.1. The quantitative estimate of drug-likeness (QED) is 0.344. The minimum absolute atomic E-state index is 0.165. The molecule has 5 nitrogen and oxygen atoms in total. The minimum atomic E-state index is -0.505. The summed E-state index contributed by atoms with van der Waals surface area (Å²) >= 11 is 0. The molecular formula is C20H21NO4. The van der Waals surface area contributed by atoms with Crippen LogP contribution < -0.4 is 0 Å². The van der Waals surface area contributed by atoms with Crippen LogP contribution in [0, 0.1) is 23.7 Å². The van der Waals surface area contributed by atoms with Gasteiger partial charge in [0.1, 0.15) is 6.54 Å². The smallest absolute Gasteiger partial charge is 0.326 e. The number of benzene rings is 1. The molecule has 2 fully saturated rings. The number of aryl methyl sites for hydroxylation is 1. The van der Waals surface area contributed by atoms with Crippen molar-refractivity contribution < 1.29 is 19.1 Å². The van der Waals surface area contributed by atoms with Gasteiger partial charge in [0.05, 0.1) is 18.4 Å². The van der Waals surface area contributed by atoms with E-state index in [0.717, 1.165) is 24.2 Å². The highest BCUT2D eigenvalue weighted by Crippen LogP contribution is 2.52. The van der Waals surface area contributed by atoms with Crippen LogP contribution in [0.25, 0.3) is 0 Å². The minimum Gasteiger partial charge on any atom is -0.464 e. The van der Waals surface area contributed by atoms with E-state index in [1.165, 1.54) is 5.56 Å². The van der Waals surface area contributed by atoms with E-state index < -0.39 is 5.97 Å². The highest BCUT2D eigenvalue weighted by Gasteiger charge is 2.59. The van der Waals surface area contributed by atoms with Crippen LogP contribution in [-0.2, 0) is 25.5 Å². The lowest BCUT2D eigenvalue weighted by atomic mass is 9.85. The first-order chi connectivity index (χ1) is 12.1. The maximum Gasteiger partial charge on any atom is 0.326 e. The summed E-state index contributed by atoms with van der Waals surface area (Å²) in [6.45, 7) is 0.0407. The number of rotatable bonds is 6. The third-order valence-electron chi connectivity index (χ3n) is 5.56. The first-order valence-corrected chi connectivity index (χ1v) is 8.88. The van der Waals surface area contributed by atoms with Crippen molar-refractivity contribution in [2.75, 3.05) is 13.2 Å². The van der Waals surface area contributed by atoms with Crippen molar-refractivity contribution in [3.8, 4) is 0 Å². The van der Waals surface area contributed by atoms with Crippen molar-refractivity contribution in [3.63, 3.8) is 0 Å². The maximum atomic E-state index is 12.5. The van der Waals surface area contributed by atoms with E-state index in [1.54, 1.807) is 0 Å². The molecule has 4 atom stereocenters. The van der Waals surface area contributed by atoms with E-state index in [1.807, 2.05) is 42.5 Å². The van der Waals surface area contributed by atoms with Crippen LogP contribution in [0.4, 0.5) is 0 Å². The number of amides is 2. The van der Waals surface area contributed by atoms with Crippen molar-refractivity contribution >= 4 is 17.8 Å². The van der Waals surface area contributed by atoms with Gasteiger partial charge in [0, 0.05) is 0 Å². The second kappa shape index (κ2) is 6.47. The molecule has 0 radical (unpaired) electrons. The third-order valence-corrected chi connectivity index (χ3v) is 5.56. The van der Waals surface area contributed by atoms with Crippen LogP contribution in [0.1, 0.15) is 18.4 Å². The molecule has 0 aromatic heterocycles. The Hall–Kier alpha value is -2.43. The van der Waals surface area contributed by atoms with E-state index in [0.29, 0.717) is 6.61 Å². The fourth-order valence-corrected chi connectivity index (χ4v) is 4.40. The average molecular weight is 339 g/mol. The molecule has 3 aliphatic rings. The van der Waals surface area contributed by atoms with Crippen molar-refractivity contribution in [1.82, 2.24) is 4.90 Å².